The Morgan fingerprint density at radius 3 is 2.84 bits per heavy atom. The minimum Gasteiger partial charge on any atom is -0.376 e. The van der Waals surface area contributed by atoms with Crippen LogP contribution in [-0.2, 0) is 4.74 Å². The van der Waals surface area contributed by atoms with E-state index in [1.165, 1.54) is 6.07 Å². The van der Waals surface area contributed by atoms with Gasteiger partial charge in [0.25, 0.3) is 0 Å². The lowest BCUT2D eigenvalue weighted by molar-refractivity contribution is 0.0226. The highest BCUT2D eigenvalue weighted by molar-refractivity contribution is 6.38. The minimum absolute atomic E-state index is 0.134. The Bertz CT molecular complexity index is 712. The topological polar surface area (TPSA) is 60.0 Å². The monoisotopic (exact) mass is 341 g/mol. The molecule has 4 nitrogen and oxygen atoms in total. The Balaban J connectivity index is 1.72. The molecule has 0 aromatic heterocycles. The maximum absolute atomic E-state index is 14.6. The summed E-state index contributed by atoms with van der Waals surface area (Å²) >= 11 is 0. The summed E-state index contributed by atoms with van der Waals surface area (Å²) in [6.45, 7) is 3.17. The zero-order valence-corrected chi connectivity index (χ0v) is 14.6. The van der Waals surface area contributed by atoms with Gasteiger partial charge >= 0.3 is 0 Å². The summed E-state index contributed by atoms with van der Waals surface area (Å²) < 4.78 is 20.2. The number of benzene rings is 1. The number of aryl methyl sites for hydroxylation is 1. The number of halogens is 1. The van der Waals surface area contributed by atoms with Crippen LogP contribution in [0, 0.1) is 30.5 Å². The van der Waals surface area contributed by atoms with E-state index in [1.54, 1.807) is 6.21 Å². The predicted octanol–water partition coefficient (Wildman–Crippen LogP) is 3.20. The number of rotatable bonds is 4. The molecule has 0 amide bonds. The minimum atomic E-state index is -0.371. The van der Waals surface area contributed by atoms with Gasteiger partial charge in [-0.25, -0.2) is 4.39 Å². The van der Waals surface area contributed by atoms with E-state index in [2.05, 4.69) is 21.9 Å². The van der Waals surface area contributed by atoms with Crippen molar-refractivity contribution in [1.82, 2.24) is 0 Å². The first-order valence-corrected chi connectivity index (χ1v) is 8.88. The van der Waals surface area contributed by atoms with Crippen LogP contribution in [0.4, 0.5) is 4.39 Å². The van der Waals surface area contributed by atoms with Gasteiger partial charge in [-0.15, -0.1) is 0 Å². The Kier molecular flexibility index (Phi) is 5.83. The second-order valence-electron chi connectivity index (χ2n) is 6.69. The average molecular weight is 341 g/mol. The van der Waals surface area contributed by atoms with Gasteiger partial charge in [-0.3, -0.25) is 4.99 Å². The first-order valence-electron chi connectivity index (χ1n) is 8.88. The third kappa shape index (κ3) is 4.90. The summed E-state index contributed by atoms with van der Waals surface area (Å²) in [7, 11) is 0. The molecule has 1 heterocycles. The van der Waals surface area contributed by atoms with Crippen LogP contribution in [0.1, 0.15) is 48.8 Å². The van der Waals surface area contributed by atoms with Crippen molar-refractivity contribution in [2.75, 3.05) is 13.2 Å². The van der Waals surface area contributed by atoms with Crippen LogP contribution in [0.5, 0.6) is 0 Å². The number of hydrazone groups is 1. The van der Waals surface area contributed by atoms with E-state index in [-0.39, 0.29) is 11.9 Å². The van der Waals surface area contributed by atoms with E-state index in [9.17, 15) is 4.39 Å². The molecule has 2 aliphatic rings. The third-order valence-electron chi connectivity index (χ3n) is 4.48. The third-order valence-corrected chi connectivity index (χ3v) is 4.48. The van der Waals surface area contributed by atoms with Crippen molar-refractivity contribution in [1.29, 1.82) is 0 Å². The Morgan fingerprint density at radius 1 is 1.36 bits per heavy atom. The number of ether oxygens (including phenoxy) is 1. The molecule has 5 heteroatoms. The lowest BCUT2D eigenvalue weighted by atomic mass is 10.0. The highest BCUT2D eigenvalue weighted by atomic mass is 19.1. The van der Waals surface area contributed by atoms with Gasteiger partial charge < -0.3 is 10.6 Å². The van der Waals surface area contributed by atoms with E-state index in [0.29, 0.717) is 29.3 Å². The fourth-order valence-electron chi connectivity index (χ4n) is 2.92. The van der Waals surface area contributed by atoms with Gasteiger partial charge in [0.15, 0.2) is 0 Å². The summed E-state index contributed by atoms with van der Waals surface area (Å²) in [6.07, 6.45) is 7.25. The van der Waals surface area contributed by atoms with Crippen LogP contribution in [0.3, 0.4) is 0 Å². The van der Waals surface area contributed by atoms with Crippen LogP contribution < -0.4 is 5.84 Å². The van der Waals surface area contributed by atoms with Gasteiger partial charge in [-0.2, -0.15) is 5.10 Å². The normalized spacial score (nSPS) is 21.2. The summed E-state index contributed by atoms with van der Waals surface area (Å²) in [5, 5.41) is 3.73. The molecule has 25 heavy (non-hydrogen) atoms. The van der Waals surface area contributed by atoms with Crippen molar-refractivity contribution in [2.45, 2.75) is 45.1 Å². The Hall–Kier alpha value is -2.19. The zero-order chi connectivity index (χ0) is 17.6. The molecule has 1 aromatic rings. The first kappa shape index (κ1) is 17.6. The van der Waals surface area contributed by atoms with Gasteiger partial charge in [0.2, 0.25) is 0 Å². The highest BCUT2D eigenvalue weighted by Crippen LogP contribution is 2.27. The van der Waals surface area contributed by atoms with E-state index >= 15 is 0 Å². The van der Waals surface area contributed by atoms with Gasteiger partial charge in [-0.1, -0.05) is 11.8 Å². The molecule has 3 rings (SSSR count). The lowest BCUT2D eigenvalue weighted by Crippen LogP contribution is -2.22. The Morgan fingerprint density at radius 2 is 2.20 bits per heavy atom. The number of nitrogens with zero attached hydrogens (tertiary/aromatic N) is 2. The molecule has 2 N–H and O–H groups in total. The van der Waals surface area contributed by atoms with Crippen molar-refractivity contribution < 1.29 is 9.13 Å². The molecule has 1 aromatic carbocycles. The molecular weight excluding hydrogens is 317 g/mol. The van der Waals surface area contributed by atoms with Crippen molar-refractivity contribution in [3.05, 3.63) is 34.6 Å². The van der Waals surface area contributed by atoms with Gasteiger partial charge in [0.1, 0.15) is 11.5 Å². The van der Waals surface area contributed by atoms with E-state index < -0.39 is 0 Å². The molecule has 0 bridgehead atoms. The number of aliphatic imine (C=N–C) groups is 1. The molecule has 1 unspecified atom stereocenters. The predicted molar refractivity (Wildman–Crippen MR) is 98.4 cm³/mol. The Labute approximate surface area is 148 Å². The second-order valence-corrected chi connectivity index (χ2v) is 6.69. The standard InChI is InChI=1S/C20H24FN3O/c1-14-10-16(8-7-15-5-6-15)11-18(21)20(14)19(24-22)13-23-12-17-4-2-3-9-25-17/h10-11,13,15,17H,2-6,9,12,22H2,1H3/b23-13?,24-19+. The van der Waals surface area contributed by atoms with Crippen LogP contribution in [0.2, 0.25) is 0 Å². The molecule has 0 spiro atoms. The molecule has 1 saturated heterocycles. The quantitative estimate of drug-likeness (QED) is 0.396. The van der Waals surface area contributed by atoms with Crippen molar-refractivity contribution in [3.63, 3.8) is 0 Å². The molecular formula is C20H24FN3O. The van der Waals surface area contributed by atoms with E-state index in [0.717, 1.165) is 44.3 Å². The van der Waals surface area contributed by atoms with E-state index in [4.69, 9.17) is 10.6 Å². The molecule has 1 atom stereocenters. The molecule has 1 saturated carbocycles. The van der Waals surface area contributed by atoms with Crippen molar-refractivity contribution >= 4 is 11.9 Å². The largest absolute Gasteiger partial charge is 0.376 e. The smallest absolute Gasteiger partial charge is 0.134 e. The van der Waals surface area contributed by atoms with Gasteiger partial charge in [0, 0.05) is 29.9 Å². The zero-order valence-electron chi connectivity index (χ0n) is 14.6. The summed E-state index contributed by atoms with van der Waals surface area (Å²) in [6, 6.07) is 3.32. The van der Waals surface area contributed by atoms with Crippen LogP contribution in [-0.4, -0.2) is 31.2 Å². The van der Waals surface area contributed by atoms with E-state index in [1.807, 2.05) is 13.0 Å². The summed E-state index contributed by atoms with van der Waals surface area (Å²) in [5.41, 5.74) is 2.17. The number of hydrogen-bond acceptors (Lipinski definition) is 4. The van der Waals surface area contributed by atoms with Gasteiger partial charge in [0.05, 0.1) is 12.6 Å². The molecule has 132 valence electrons. The highest BCUT2D eigenvalue weighted by Gasteiger charge is 2.18. The lowest BCUT2D eigenvalue weighted by Gasteiger charge is -2.20. The number of hydrogen-bond donors (Lipinski definition) is 1. The molecule has 1 aliphatic heterocycles. The average Bonchev–Trinajstić information content (AvgIpc) is 3.43. The molecule has 2 fully saturated rings. The van der Waals surface area contributed by atoms with Crippen molar-refractivity contribution in [3.8, 4) is 11.8 Å². The summed E-state index contributed by atoms with van der Waals surface area (Å²) in [5.74, 6) is 11.8. The summed E-state index contributed by atoms with van der Waals surface area (Å²) in [4.78, 5) is 4.36. The van der Waals surface area contributed by atoms with Crippen LogP contribution in [0.15, 0.2) is 22.2 Å². The van der Waals surface area contributed by atoms with Gasteiger partial charge in [-0.05, 0) is 56.7 Å². The van der Waals surface area contributed by atoms with Crippen LogP contribution >= 0.6 is 0 Å². The number of nitrogens with two attached hydrogens (primary N) is 1. The van der Waals surface area contributed by atoms with Crippen LogP contribution in [0.25, 0.3) is 0 Å². The van der Waals surface area contributed by atoms with Crippen molar-refractivity contribution in [2.24, 2.45) is 21.9 Å². The maximum atomic E-state index is 14.6. The molecule has 1 aliphatic carbocycles. The molecule has 0 radical (unpaired) electrons. The SMILES string of the molecule is Cc1cc(C#CC2CC2)cc(F)c1/C(C=NCC1CCCCO1)=N/N. The fraction of sp³-hybridized carbons (Fsp3) is 0.500. The fourth-order valence-corrected chi connectivity index (χ4v) is 2.92. The first-order chi connectivity index (χ1) is 12.2. The second kappa shape index (κ2) is 8.26. The maximum Gasteiger partial charge on any atom is 0.134 e.